The summed E-state index contributed by atoms with van der Waals surface area (Å²) in [6.45, 7) is 8.55. The van der Waals surface area contributed by atoms with Gasteiger partial charge in [0.05, 0.1) is 17.1 Å². The predicted molar refractivity (Wildman–Crippen MR) is 113 cm³/mol. The summed E-state index contributed by atoms with van der Waals surface area (Å²) in [6, 6.07) is 4.59. The number of pyridine rings is 1. The Hall–Kier alpha value is -1.82. The predicted octanol–water partition coefficient (Wildman–Crippen LogP) is 4.80. The van der Waals surface area contributed by atoms with Gasteiger partial charge in [-0.3, -0.25) is 0 Å². The van der Waals surface area contributed by atoms with E-state index in [1.807, 2.05) is 32.0 Å². The lowest BCUT2D eigenvalue weighted by Gasteiger charge is -2.19. The van der Waals surface area contributed by atoms with Crippen LogP contribution in [0.15, 0.2) is 17.2 Å². The maximum Gasteiger partial charge on any atom is 0.159 e. The summed E-state index contributed by atoms with van der Waals surface area (Å²) in [5, 5.41) is 4.49. The minimum Gasteiger partial charge on any atom is -0.365 e. The number of rotatable bonds is 8. The SMILES string of the molecule is CCc1nc(N(C)C)ccc1-c1nc(SC)c(NC(CC)CC)nc1C. The fourth-order valence-electron chi connectivity index (χ4n) is 2.91. The summed E-state index contributed by atoms with van der Waals surface area (Å²) in [7, 11) is 4.02. The van der Waals surface area contributed by atoms with Gasteiger partial charge >= 0.3 is 0 Å². The van der Waals surface area contributed by atoms with Gasteiger partial charge in [-0.25, -0.2) is 15.0 Å². The lowest BCUT2D eigenvalue weighted by atomic mass is 10.1. The molecule has 142 valence electrons. The molecule has 26 heavy (non-hydrogen) atoms. The van der Waals surface area contributed by atoms with Crippen LogP contribution in [0, 0.1) is 6.92 Å². The van der Waals surface area contributed by atoms with Gasteiger partial charge in [0.1, 0.15) is 10.8 Å². The highest BCUT2D eigenvalue weighted by Crippen LogP contribution is 2.31. The van der Waals surface area contributed by atoms with Gasteiger partial charge in [0.25, 0.3) is 0 Å². The second-order valence-corrected chi connectivity index (χ2v) is 7.38. The zero-order valence-electron chi connectivity index (χ0n) is 17.1. The van der Waals surface area contributed by atoms with Crippen LogP contribution in [-0.2, 0) is 6.42 Å². The molecule has 0 unspecified atom stereocenters. The monoisotopic (exact) mass is 373 g/mol. The van der Waals surface area contributed by atoms with Crippen LogP contribution in [0.3, 0.4) is 0 Å². The van der Waals surface area contributed by atoms with E-state index in [0.29, 0.717) is 6.04 Å². The molecule has 0 aromatic carbocycles. The largest absolute Gasteiger partial charge is 0.365 e. The van der Waals surface area contributed by atoms with Crippen molar-refractivity contribution in [2.24, 2.45) is 0 Å². The van der Waals surface area contributed by atoms with Crippen LogP contribution in [0.2, 0.25) is 0 Å². The summed E-state index contributed by atoms with van der Waals surface area (Å²) in [4.78, 5) is 16.6. The molecule has 0 aliphatic carbocycles. The van der Waals surface area contributed by atoms with E-state index in [1.165, 1.54) is 0 Å². The van der Waals surface area contributed by atoms with E-state index < -0.39 is 0 Å². The Morgan fingerprint density at radius 1 is 1.08 bits per heavy atom. The Morgan fingerprint density at radius 2 is 1.77 bits per heavy atom. The van der Waals surface area contributed by atoms with E-state index >= 15 is 0 Å². The highest BCUT2D eigenvalue weighted by molar-refractivity contribution is 7.98. The van der Waals surface area contributed by atoms with Crippen molar-refractivity contribution in [2.75, 3.05) is 30.6 Å². The molecule has 0 aliphatic heterocycles. The minimum absolute atomic E-state index is 0.424. The molecule has 5 nitrogen and oxygen atoms in total. The van der Waals surface area contributed by atoms with Gasteiger partial charge in [-0.15, -0.1) is 11.8 Å². The minimum atomic E-state index is 0.424. The zero-order valence-corrected chi connectivity index (χ0v) is 17.9. The van der Waals surface area contributed by atoms with Crippen molar-refractivity contribution < 1.29 is 0 Å². The number of nitrogens with zero attached hydrogens (tertiary/aromatic N) is 4. The molecule has 0 spiro atoms. The quantitative estimate of drug-likeness (QED) is 0.671. The van der Waals surface area contributed by atoms with E-state index in [9.17, 15) is 0 Å². The summed E-state index contributed by atoms with van der Waals surface area (Å²) in [6.07, 6.45) is 5.06. The number of hydrogen-bond acceptors (Lipinski definition) is 6. The number of hydrogen-bond donors (Lipinski definition) is 1. The number of nitrogens with one attached hydrogen (secondary N) is 1. The van der Waals surface area contributed by atoms with Crippen molar-refractivity contribution in [2.45, 2.75) is 58.0 Å². The molecule has 0 saturated carbocycles. The highest BCUT2D eigenvalue weighted by atomic mass is 32.2. The highest BCUT2D eigenvalue weighted by Gasteiger charge is 2.17. The van der Waals surface area contributed by atoms with E-state index in [1.54, 1.807) is 11.8 Å². The third-order valence-electron chi connectivity index (χ3n) is 4.57. The Kier molecular flexibility index (Phi) is 7.26. The Balaban J connectivity index is 2.51. The number of aryl methyl sites for hydroxylation is 2. The van der Waals surface area contributed by atoms with Gasteiger partial charge in [0, 0.05) is 25.7 Å². The van der Waals surface area contributed by atoms with E-state index in [0.717, 1.165) is 58.6 Å². The number of thioether (sulfide) groups is 1. The van der Waals surface area contributed by atoms with Gasteiger partial charge < -0.3 is 10.2 Å². The van der Waals surface area contributed by atoms with Crippen molar-refractivity contribution in [1.82, 2.24) is 15.0 Å². The van der Waals surface area contributed by atoms with Crippen LogP contribution in [0.4, 0.5) is 11.6 Å². The van der Waals surface area contributed by atoms with Gasteiger partial charge in [0.15, 0.2) is 5.82 Å². The average Bonchev–Trinajstić information content (AvgIpc) is 2.65. The van der Waals surface area contributed by atoms with E-state index in [2.05, 4.69) is 38.4 Å². The standard InChI is InChI=1S/C20H31N5S/c1-8-14(9-2)22-19-20(26-7)24-18(13(4)21-19)15-11-12-17(25(5)6)23-16(15)10-3/h11-12,14H,8-10H2,1-7H3,(H,21,22). The van der Waals surface area contributed by atoms with Gasteiger partial charge in [0.2, 0.25) is 0 Å². The van der Waals surface area contributed by atoms with Crippen LogP contribution in [0.1, 0.15) is 45.0 Å². The normalized spacial score (nSPS) is 11.1. The molecule has 0 amide bonds. The summed E-state index contributed by atoms with van der Waals surface area (Å²) in [5.74, 6) is 1.86. The molecular formula is C20H31N5S. The van der Waals surface area contributed by atoms with Crippen molar-refractivity contribution >= 4 is 23.4 Å². The summed E-state index contributed by atoms with van der Waals surface area (Å²) < 4.78 is 0. The molecule has 2 aromatic rings. The van der Waals surface area contributed by atoms with Crippen LogP contribution in [0.25, 0.3) is 11.3 Å². The number of anilines is 2. The van der Waals surface area contributed by atoms with E-state index in [-0.39, 0.29) is 0 Å². The molecule has 0 saturated heterocycles. The first kappa shape index (κ1) is 20.5. The molecule has 0 atom stereocenters. The zero-order chi connectivity index (χ0) is 19.3. The lowest BCUT2D eigenvalue weighted by Crippen LogP contribution is -2.19. The van der Waals surface area contributed by atoms with Gasteiger partial charge in [-0.2, -0.15) is 0 Å². The fraction of sp³-hybridized carbons (Fsp3) is 0.550. The molecule has 0 fully saturated rings. The molecule has 0 bridgehead atoms. The maximum absolute atomic E-state index is 4.95. The second-order valence-electron chi connectivity index (χ2n) is 6.58. The molecule has 0 radical (unpaired) electrons. The average molecular weight is 374 g/mol. The molecule has 2 heterocycles. The maximum atomic E-state index is 4.95. The molecule has 1 N–H and O–H groups in total. The molecule has 0 aliphatic rings. The Morgan fingerprint density at radius 3 is 2.31 bits per heavy atom. The van der Waals surface area contributed by atoms with E-state index in [4.69, 9.17) is 15.0 Å². The summed E-state index contributed by atoms with van der Waals surface area (Å²) in [5.41, 5.74) is 4.00. The van der Waals surface area contributed by atoms with Crippen molar-refractivity contribution in [3.05, 3.63) is 23.5 Å². The Bertz CT molecular complexity index is 741. The van der Waals surface area contributed by atoms with Crippen molar-refractivity contribution in [1.29, 1.82) is 0 Å². The third-order valence-corrected chi connectivity index (χ3v) is 5.24. The molecule has 6 heteroatoms. The lowest BCUT2D eigenvalue weighted by molar-refractivity contribution is 0.664. The van der Waals surface area contributed by atoms with Crippen molar-refractivity contribution in [3.63, 3.8) is 0 Å². The molecule has 2 aromatic heterocycles. The van der Waals surface area contributed by atoms with Crippen LogP contribution in [0.5, 0.6) is 0 Å². The topological polar surface area (TPSA) is 53.9 Å². The van der Waals surface area contributed by atoms with Gasteiger partial charge in [-0.1, -0.05) is 20.8 Å². The summed E-state index contributed by atoms with van der Waals surface area (Å²) >= 11 is 1.63. The first-order valence-electron chi connectivity index (χ1n) is 9.31. The van der Waals surface area contributed by atoms with Gasteiger partial charge in [-0.05, 0) is 44.6 Å². The number of aromatic nitrogens is 3. The fourth-order valence-corrected chi connectivity index (χ4v) is 3.39. The first-order valence-corrected chi connectivity index (χ1v) is 10.5. The molecular weight excluding hydrogens is 342 g/mol. The Labute approximate surface area is 162 Å². The van der Waals surface area contributed by atoms with Crippen LogP contribution < -0.4 is 10.2 Å². The van der Waals surface area contributed by atoms with Crippen molar-refractivity contribution in [3.8, 4) is 11.3 Å². The third kappa shape index (κ3) is 4.47. The van der Waals surface area contributed by atoms with Crippen LogP contribution >= 0.6 is 11.8 Å². The van der Waals surface area contributed by atoms with Crippen LogP contribution in [-0.4, -0.2) is 41.3 Å². The molecule has 2 rings (SSSR count). The second kappa shape index (κ2) is 9.21. The smallest absolute Gasteiger partial charge is 0.159 e. The first-order chi connectivity index (χ1) is 12.4.